The first-order chi connectivity index (χ1) is 14.5. The maximum Gasteiger partial charge on any atom is 0.312 e. The van der Waals surface area contributed by atoms with Crippen molar-refractivity contribution in [3.8, 4) is 5.69 Å². The highest BCUT2D eigenvalue weighted by Crippen LogP contribution is 2.15. The molecular weight excluding hydrogens is 454 g/mol. The van der Waals surface area contributed by atoms with Crippen LogP contribution in [0.25, 0.3) is 5.69 Å². The lowest BCUT2D eigenvalue weighted by Gasteiger charge is -2.35. The van der Waals surface area contributed by atoms with E-state index in [1.165, 1.54) is 9.80 Å². The van der Waals surface area contributed by atoms with Gasteiger partial charge >= 0.3 is 11.8 Å². The van der Waals surface area contributed by atoms with Gasteiger partial charge in [0, 0.05) is 51.0 Å². The Balaban J connectivity index is 1.32. The van der Waals surface area contributed by atoms with Crippen molar-refractivity contribution in [3.05, 3.63) is 46.7 Å². The largest absolute Gasteiger partial charge is 0.378 e. The number of hydrogen-bond acceptors (Lipinski definition) is 5. The highest BCUT2D eigenvalue weighted by Gasteiger charge is 2.31. The average molecular weight is 476 g/mol. The van der Waals surface area contributed by atoms with Crippen molar-refractivity contribution in [3.63, 3.8) is 0 Å². The molecular formula is C20H22BrN5O4. The van der Waals surface area contributed by atoms with Gasteiger partial charge in [-0.05, 0) is 40.2 Å². The van der Waals surface area contributed by atoms with E-state index < -0.39 is 11.8 Å². The summed E-state index contributed by atoms with van der Waals surface area (Å²) in [5.41, 5.74) is 1.43. The lowest BCUT2D eigenvalue weighted by atomic mass is 10.1. The van der Waals surface area contributed by atoms with Gasteiger partial charge in [-0.15, -0.1) is 0 Å². The van der Waals surface area contributed by atoms with Gasteiger partial charge in [0.25, 0.3) is 5.91 Å². The van der Waals surface area contributed by atoms with Crippen LogP contribution in [-0.4, -0.2) is 94.7 Å². The third-order valence-electron chi connectivity index (χ3n) is 5.27. The van der Waals surface area contributed by atoms with E-state index in [1.54, 1.807) is 27.9 Å². The number of halogens is 1. The lowest BCUT2D eigenvalue weighted by molar-refractivity contribution is -0.154. The van der Waals surface area contributed by atoms with Gasteiger partial charge in [-0.1, -0.05) is 0 Å². The summed E-state index contributed by atoms with van der Waals surface area (Å²) in [6, 6.07) is 7.22. The number of aromatic nitrogens is 2. The van der Waals surface area contributed by atoms with Gasteiger partial charge in [-0.25, -0.2) is 4.68 Å². The molecule has 2 aliphatic rings. The Morgan fingerprint density at radius 2 is 1.40 bits per heavy atom. The van der Waals surface area contributed by atoms with E-state index in [0.717, 1.165) is 10.2 Å². The summed E-state index contributed by atoms with van der Waals surface area (Å²) in [5, 5.41) is 4.22. The molecule has 2 aliphatic heterocycles. The van der Waals surface area contributed by atoms with Crippen molar-refractivity contribution in [2.75, 3.05) is 52.5 Å². The minimum absolute atomic E-state index is 0.0881. The van der Waals surface area contributed by atoms with Crippen molar-refractivity contribution >= 4 is 33.7 Å². The van der Waals surface area contributed by atoms with E-state index in [9.17, 15) is 14.4 Å². The van der Waals surface area contributed by atoms with Crippen LogP contribution in [0.15, 0.2) is 41.1 Å². The molecule has 2 aromatic rings. The molecule has 30 heavy (non-hydrogen) atoms. The van der Waals surface area contributed by atoms with Crippen molar-refractivity contribution in [2.45, 2.75) is 0 Å². The van der Waals surface area contributed by atoms with Crippen molar-refractivity contribution in [1.29, 1.82) is 0 Å². The Hall–Kier alpha value is -2.72. The predicted molar refractivity (Wildman–Crippen MR) is 111 cm³/mol. The van der Waals surface area contributed by atoms with Crippen molar-refractivity contribution in [1.82, 2.24) is 24.5 Å². The zero-order valence-electron chi connectivity index (χ0n) is 16.4. The van der Waals surface area contributed by atoms with Crippen LogP contribution in [-0.2, 0) is 14.3 Å². The molecule has 0 aliphatic carbocycles. The van der Waals surface area contributed by atoms with E-state index in [4.69, 9.17) is 4.74 Å². The lowest BCUT2D eigenvalue weighted by Crippen LogP contribution is -2.55. The SMILES string of the molecule is O=C(C(=O)N1CCN(C(=O)c2ccc(-n3cc(Br)cn3)cc2)CC1)N1CCOCC1. The second kappa shape index (κ2) is 8.97. The number of amides is 3. The number of rotatable bonds is 2. The Morgan fingerprint density at radius 1 is 0.833 bits per heavy atom. The van der Waals surface area contributed by atoms with Crippen LogP contribution in [0.3, 0.4) is 0 Å². The number of carbonyl (C=O) groups excluding carboxylic acids is 3. The summed E-state index contributed by atoms with van der Waals surface area (Å²) in [5.74, 6) is -1.08. The van der Waals surface area contributed by atoms with Crippen LogP contribution in [0.4, 0.5) is 0 Å². The Kier molecular flexibility index (Phi) is 6.14. The normalized spacial score (nSPS) is 17.2. The highest BCUT2D eigenvalue weighted by molar-refractivity contribution is 9.10. The minimum Gasteiger partial charge on any atom is -0.378 e. The molecule has 1 aromatic heterocycles. The smallest absolute Gasteiger partial charge is 0.312 e. The standard InChI is InChI=1S/C20H22BrN5O4/c21-16-13-22-26(14-16)17-3-1-15(2-4-17)18(27)23-5-7-24(8-6-23)19(28)20(29)25-9-11-30-12-10-25/h1-4,13-14H,5-12H2. The molecule has 3 amide bonds. The number of benzene rings is 1. The topological polar surface area (TPSA) is 88.0 Å². The zero-order chi connectivity index (χ0) is 21.1. The monoisotopic (exact) mass is 475 g/mol. The van der Waals surface area contributed by atoms with Crippen LogP contribution in [0.2, 0.25) is 0 Å². The van der Waals surface area contributed by atoms with Crippen molar-refractivity contribution in [2.24, 2.45) is 0 Å². The summed E-state index contributed by atoms with van der Waals surface area (Å²) >= 11 is 3.36. The average Bonchev–Trinajstić information content (AvgIpc) is 3.24. The van der Waals surface area contributed by atoms with Crippen LogP contribution in [0.1, 0.15) is 10.4 Å². The van der Waals surface area contributed by atoms with Crippen LogP contribution in [0, 0.1) is 0 Å². The number of morpholine rings is 1. The molecule has 9 nitrogen and oxygen atoms in total. The third-order valence-corrected chi connectivity index (χ3v) is 5.67. The van der Waals surface area contributed by atoms with Gasteiger partial charge in [-0.3, -0.25) is 14.4 Å². The van der Waals surface area contributed by atoms with Crippen LogP contribution < -0.4 is 0 Å². The minimum atomic E-state index is -0.501. The molecule has 158 valence electrons. The Bertz CT molecular complexity index is 931. The molecule has 0 radical (unpaired) electrons. The molecule has 2 saturated heterocycles. The predicted octanol–water partition coefficient (Wildman–Crippen LogP) is 0.778. The number of carbonyl (C=O) groups is 3. The molecule has 0 N–H and O–H groups in total. The first kappa shape index (κ1) is 20.5. The fourth-order valence-electron chi connectivity index (χ4n) is 3.53. The van der Waals surface area contributed by atoms with Gasteiger partial charge in [0.1, 0.15) is 0 Å². The molecule has 2 fully saturated rings. The summed E-state index contributed by atoms with van der Waals surface area (Å²) in [4.78, 5) is 42.5. The van der Waals surface area contributed by atoms with Crippen molar-refractivity contribution < 1.29 is 19.1 Å². The second-order valence-corrected chi connectivity index (χ2v) is 8.05. The maximum absolute atomic E-state index is 12.8. The highest BCUT2D eigenvalue weighted by atomic mass is 79.9. The van der Waals surface area contributed by atoms with E-state index in [-0.39, 0.29) is 5.91 Å². The van der Waals surface area contributed by atoms with Gasteiger partial charge in [0.15, 0.2) is 0 Å². The van der Waals surface area contributed by atoms with Gasteiger partial charge in [-0.2, -0.15) is 5.10 Å². The molecule has 0 bridgehead atoms. The van der Waals surface area contributed by atoms with Crippen LogP contribution >= 0.6 is 15.9 Å². The molecule has 1 aromatic carbocycles. The van der Waals surface area contributed by atoms with E-state index in [1.807, 2.05) is 18.3 Å². The second-order valence-electron chi connectivity index (χ2n) is 7.14. The zero-order valence-corrected chi connectivity index (χ0v) is 18.0. The van der Waals surface area contributed by atoms with Gasteiger partial charge < -0.3 is 19.4 Å². The van der Waals surface area contributed by atoms with Gasteiger partial charge in [0.2, 0.25) is 0 Å². The number of nitrogens with zero attached hydrogens (tertiary/aromatic N) is 5. The molecule has 0 spiro atoms. The Labute approximate surface area is 182 Å². The van der Waals surface area contributed by atoms with E-state index >= 15 is 0 Å². The molecule has 0 unspecified atom stereocenters. The fourth-order valence-corrected chi connectivity index (χ4v) is 3.82. The molecule has 0 saturated carbocycles. The summed E-state index contributed by atoms with van der Waals surface area (Å²) in [6.45, 7) is 3.28. The molecule has 4 rings (SSSR count). The number of ether oxygens (including phenoxy) is 1. The summed E-state index contributed by atoms with van der Waals surface area (Å²) in [6.07, 6.45) is 3.54. The summed E-state index contributed by atoms with van der Waals surface area (Å²) in [7, 11) is 0. The molecule has 0 atom stereocenters. The van der Waals surface area contributed by atoms with E-state index in [2.05, 4.69) is 21.0 Å². The molecule has 3 heterocycles. The van der Waals surface area contributed by atoms with E-state index in [0.29, 0.717) is 58.0 Å². The summed E-state index contributed by atoms with van der Waals surface area (Å²) < 4.78 is 7.81. The van der Waals surface area contributed by atoms with Crippen LogP contribution in [0.5, 0.6) is 0 Å². The maximum atomic E-state index is 12.8. The Morgan fingerprint density at radius 3 is 1.97 bits per heavy atom. The molecule has 10 heteroatoms. The number of hydrogen-bond donors (Lipinski definition) is 0. The third kappa shape index (κ3) is 4.39. The first-order valence-electron chi connectivity index (χ1n) is 9.79. The number of piperazine rings is 1. The van der Waals surface area contributed by atoms with Gasteiger partial charge in [0.05, 0.1) is 29.6 Å². The fraction of sp³-hybridized carbons (Fsp3) is 0.400. The quantitative estimate of drug-likeness (QED) is 0.598. The first-order valence-corrected chi connectivity index (χ1v) is 10.6.